The van der Waals surface area contributed by atoms with Crippen LogP contribution in [0.3, 0.4) is 0 Å². The number of alkyl halides is 1. The van der Waals surface area contributed by atoms with Crippen molar-refractivity contribution in [2.75, 3.05) is 23.3 Å². The van der Waals surface area contributed by atoms with Crippen LogP contribution >= 0.6 is 11.6 Å². The molecule has 0 aliphatic carbocycles. The van der Waals surface area contributed by atoms with Gasteiger partial charge in [-0.05, 0) is 60.4 Å². The van der Waals surface area contributed by atoms with Crippen molar-refractivity contribution in [1.29, 1.82) is 0 Å². The van der Waals surface area contributed by atoms with Gasteiger partial charge in [0.15, 0.2) is 0 Å². The zero-order valence-electron chi connectivity index (χ0n) is 18.3. The highest BCUT2D eigenvalue weighted by molar-refractivity contribution is 6.31. The predicted molar refractivity (Wildman–Crippen MR) is 130 cm³/mol. The molecule has 3 aromatic heterocycles. The lowest BCUT2D eigenvalue weighted by atomic mass is 10.0. The number of hydrogen-bond acceptors (Lipinski definition) is 5. The summed E-state index contributed by atoms with van der Waals surface area (Å²) in [4.78, 5) is 11.2. The number of hydrogen-bond donors (Lipinski definition) is 1. The van der Waals surface area contributed by atoms with E-state index in [4.69, 9.17) is 21.0 Å². The van der Waals surface area contributed by atoms with Crippen molar-refractivity contribution >= 4 is 23.1 Å². The second-order valence-corrected chi connectivity index (χ2v) is 8.60. The number of fused-ring (bicyclic) bond motifs is 1. The van der Waals surface area contributed by atoms with Crippen LogP contribution in [0.25, 0.3) is 22.5 Å². The third kappa shape index (κ3) is 4.31. The number of aromatic nitrogens is 2. The summed E-state index contributed by atoms with van der Waals surface area (Å²) < 4.78 is 19.1. The van der Waals surface area contributed by atoms with Crippen molar-refractivity contribution in [1.82, 2.24) is 9.97 Å². The minimum atomic E-state index is -0.507. The first-order chi connectivity index (χ1) is 16.1. The lowest BCUT2D eigenvalue weighted by Gasteiger charge is -2.27. The van der Waals surface area contributed by atoms with E-state index in [0.717, 1.165) is 64.6 Å². The topological polar surface area (TPSA) is 54.2 Å². The van der Waals surface area contributed by atoms with Crippen molar-refractivity contribution in [3.05, 3.63) is 83.0 Å². The molecule has 0 atom stereocenters. The van der Waals surface area contributed by atoms with E-state index in [-0.39, 0.29) is 0 Å². The van der Waals surface area contributed by atoms with Crippen LogP contribution in [-0.2, 0) is 13.2 Å². The first-order valence-electron chi connectivity index (χ1n) is 10.9. The minimum absolute atomic E-state index is 0.507. The molecule has 4 heterocycles. The van der Waals surface area contributed by atoms with Crippen molar-refractivity contribution < 1.29 is 8.81 Å². The molecule has 0 bridgehead atoms. The van der Waals surface area contributed by atoms with Crippen molar-refractivity contribution in [2.45, 2.75) is 26.6 Å². The summed E-state index contributed by atoms with van der Waals surface area (Å²) >= 11 is 6.47. The molecule has 0 saturated heterocycles. The number of anilines is 2. The van der Waals surface area contributed by atoms with Crippen molar-refractivity contribution in [2.24, 2.45) is 0 Å². The molecule has 0 saturated carbocycles. The monoisotopic (exact) mass is 462 g/mol. The van der Waals surface area contributed by atoms with Crippen molar-refractivity contribution in [3.63, 3.8) is 0 Å². The molecular weight excluding hydrogens is 439 g/mol. The fourth-order valence-electron chi connectivity index (χ4n) is 4.32. The molecule has 0 unspecified atom stereocenters. The molecule has 0 radical (unpaired) electrons. The fraction of sp³-hybridized carbons (Fsp3) is 0.231. The third-order valence-corrected chi connectivity index (χ3v) is 6.37. The van der Waals surface area contributed by atoms with E-state index in [0.29, 0.717) is 17.1 Å². The Morgan fingerprint density at radius 1 is 1.18 bits per heavy atom. The lowest BCUT2D eigenvalue weighted by Crippen LogP contribution is -2.24. The molecule has 5 rings (SSSR count). The SMILES string of the molecule is Cc1c(-c2coc(-c3cccnc3)c2)cnc2c1N(Cc1cc(CF)ccc1Cl)CCCN2. The van der Waals surface area contributed by atoms with Gasteiger partial charge in [0.25, 0.3) is 0 Å². The maximum Gasteiger partial charge on any atom is 0.149 e. The van der Waals surface area contributed by atoms with Gasteiger partial charge in [0, 0.05) is 59.9 Å². The summed E-state index contributed by atoms with van der Waals surface area (Å²) in [7, 11) is 0. The van der Waals surface area contributed by atoms with Crippen LogP contribution in [0.2, 0.25) is 5.02 Å². The molecular formula is C26H24ClFN4O. The largest absolute Gasteiger partial charge is 0.464 e. The van der Waals surface area contributed by atoms with Gasteiger partial charge in [-0.25, -0.2) is 9.37 Å². The van der Waals surface area contributed by atoms with Crippen LogP contribution in [0.15, 0.2) is 65.7 Å². The molecule has 33 heavy (non-hydrogen) atoms. The molecule has 7 heteroatoms. The lowest BCUT2D eigenvalue weighted by molar-refractivity contribution is 0.485. The van der Waals surface area contributed by atoms with Gasteiger partial charge in [-0.3, -0.25) is 4.98 Å². The van der Waals surface area contributed by atoms with Crippen molar-refractivity contribution in [3.8, 4) is 22.5 Å². The standard InChI is InChI=1S/C26H24ClFN4O/c1-17-22(21-11-24(33-16-21)19-4-2-7-29-13-19)14-31-26-25(17)32(9-3-8-30-26)15-20-10-18(12-28)5-6-23(20)27/h2,4-7,10-11,13-14,16H,3,8-9,12,15H2,1H3,(H,30,31). The highest BCUT2D eigenvalue weighted by atomic mass is 35.5. The Kier molecular flexibility index (Phi) is 6.01. The Hall–Kier alpha value is -3.38. The number of nitrogens with one attached hydrogen (secondary N) is 1. The number of pyridine rings is 2. The second kappa shape index (κ2) is 9.24. The maximum absolute atomic E-state index is 13.3. The first-order valence-corrected chi connectivity index (χ1v) is 11.3. The van der Waals surface area contributed by atoms with Gasteiger partial charge in [-0.1, -0.05) is 17.7 Å². The highest BCUT2D eigenvalue weighted by Crippen LogP contribution is 2.39. The summed E-state index contributed by atoms with van der Waals surface area (Å²) in [5, 5.41) is 4.09. The van der Waals surface area contributed by atoms with Crippen LogP contribution in [0.4, 0.5) is 15.9 Å². The second-order valence-electron chi connectivity index (χ2n) is 8.20. The average molecular weight is 463 g/mol. The van der Waals surface area contributed by atoms with Crippen LogP contribution in [0, 0.1) is 6.92 Å². The van der Waals surface area contributed by atoms with Crippen LogP contribution in [0.5, 0.6) is 0 Å². The molecule has 1 aromatic carbocycles. The Balaban J connectivity index is 1.53. The number of furan rings is 1. The van der Waals surface area contributed by atoms with E-state index in [1.54, 1.807) is 30.8 Å². The number of benzene rings is 1. The van der Waals surface area contributed by atoms with Gasteiger partial charge in [0.2, 0.25) is 0 Å². The van der Waals surface area contributed by atoms with Gasteiger partial charge in [0.05, 0.1) is 12.0 Å². The highest BCUT2D eigenvalue weighted by Gasteiger charge is 2.23. The Morgan fingerprint density at radius 2 is 2.09 bits per heavy atom. The van der Waals surface area contributed by atoms with Crippen LogP contribution < -0.4 is 10.2 Å². The number of halogens is 2. The van der Waals surface area contributed by atoms with E-state index in [1.165, 1.54) is 0 Å². The molecule has 1 aliphatic rings. The van der Waals surface area contributed by atoms with Crippen LogP contribution in [-0.4, -0.2) is 23.1 Å². The molecule has 1 N–H and O–H groups in total. The molecule has 0 amide bonds. The molecule has 0 fully saturated rings. The van der Waals surface area contributed by atoms with E-state index in [9.17, 15) is 4.39 Å². The minimum Gasteiger partial charge on any atom is -0.464 e. The van der Waals surface area contributed by atoms with E-state index >= 15 is 0 Å². The smallest absolute Gasteiger partial charge is 0.149 e. The summed E-state index contributed by atoms with van der Waals surface area (Å²) in [5.74, 6) is 1.61. The zero-order chi connectivity index (χ0) is 22.8. The van der Waals surface area contributed by atoms with E-state index in [1.807, 2.05) is 30.5 Å². The number of rotatable bonds is 5. The molecule has 4 aromatic rings. The van der Waals surface area contributed by atoms with Gasteiger partial charge >= 0.3 is 0 Å². The summed E-state index contributed by atoms with van der Waals surface area (Å²) in [5.41, 5.74) is 6.57. The molecule has 168 valence electrons. The van der Waals surface area contributed by atoms with E-state index < -0.39 is 6.67 Å². The molecule has 1 aliphatic heterocycles. The van der Waals surface area contributed by atoms with Gasteiger partial charge in [-0.15, -0.1) is 0 Å². The van der Waals surface area contributed by atoms with Gasteiger partial charge in [0.1, 0.15) is 18.3 Å². The fourth-order valence-corrected chi connectivity index (χ4v) is 4.50. The summed E-state index contributed by atoms with van der Waals surface area (Å²) in [6.45, 7) is 3.86. The third-order valence-electron chi connectivity index (χ3n) is 6.00. The first kappa shape index (κ1) is 21.5. The zero-order valence-corrected chi connectivity index (χ0v) is 19.1. The predicted octanol–water partition coefficient (Wildman–Crippen LogP) is 6.66. The maximum atomic E-state index is 13.3. The number of nitrogens with zero attached hydrogens (tertiary/aromatic N) is 3. The Morgan fingerprint density at radius 3 is 2.91 bits per heavy atom. The normalized spacial score (nSPS) is 13.4. The van der Waals surface area contributed by atoms with E-state index in [2.05, 4.69) is 22.1 Å². The average Bonchev–Trinajstić information content (AvgIpc) is 3.24. The summed E-state index contributed by atoms with van der Waals surface area (Å²) in [6.07, 6.45) is 8.13. The van der Waals surface area contributed by atoms with Gasteiger partial charge in [-0.2, -0.15) is 0 Å². The quantitative estimate of drug-likeness (QED) is 0.359. The summed E-state index contributed by atoms with van der Waals surface area (Å²) in [6, 6.07) is 11.2. The Bertz CT molecular complexity index is 1270. The Labute approximate surface area is 197 Å². The molecule has 0 spiro atoms. The van der Waals surface area contributed by atoms with Gasteiger partial charge < -0.3 is 14.6 Å². The van der Waals surface area contributed by atoms with Crippen LogP contribution in [0.1, 0.15) is 23.1 Å². The molecule has 5 nitrogen and oxygen atoms in total.